The Hall–Kier alpha value is -1.25. The number of anilines is 1. The SMILES string of the molecule is Cc1nnc(N2CC[C@H]3OCCC[C@@]3(COCC(=O)N(C)C)C2)s1. The van der Waals surface area contributed by atoms with E-state index in [4.69, 9.17) is 9.47 Å². The van der Waals surface area contributed by atoms with Crippen LogP contribution < -0.4 is 4.90 Å². The highest BCUT2D eigenvalue weighted by Gasteiger charge is 2.46. The van der Waals surface area contributed by atoms with Gasteiger partial charge in [0, 0.05) is 39.2 Å². The van der Waals surface area contributed by atoms with Crippen molar-refractivity contribution in [2.24, 2.45) is 5.41 Å². The number of fused-ring (bicyclic) bond motifs is 1. The molecule has 3 rings (SSSR count). The van der Waals surface area contributed by atoms with E-state index in [1.807, 2.05) is 6.92 Å². The zero-order chi connectivity index (χ0) is 17.2. The number of nitrogens with zero attached hydrogens (tertiary/aromatic N) is 4. The molecule has 2 aliphatic rings. The van der Waals surface area contributed by atoms with E-state index < -0.39 is 0 Å². The summed E-state index contributed by atoms with van der Waals surface area (Å²) < 4.78 is 11.9. The Morgan fingerprint density at radius 2 is 2.33 bits per heavy atom. The van der Waals surface area contributed by atoms with Crippen LogP contribution in [0.25, 0.3) is 0 Å². The molecular formula is C16H26N4O3S. The molecular weight excluding hydrogens is 328 g/mol. The van der Waals surface area contributed by atoms with Gasteiger partial charge in [-0.2, -0.15) is 0 Å². The monoisotopic (exact) mass is 354 g/mol. The first-order valence-electron chi connectivity index (χ1n) is 8.45. The predicted octanol–water partition coefficient (Wildman–Crippen LogP) is 1.33. The Morgan fingerprint density at radius 1 is 1.50 bits per heavy atom. The van der Waals surface area contributed by atoms with Crippen LogP contribution in [-0.2, 0) is 14.3 Å². The number of carbonyl (C=O) groups is 1. The number of rotatable bonds is 5. The van der Waals surface area contributed by atoms with Crippen LogP contribution in [0.3, 0.4) is 0 Å². The summed E-state index contributed by atoms with van der Waals surface area (Å²) in [7, 11) is 3.49. The summed E-state index contributed by atoms with van der Waals surface area (Å²) in [5.41, 5.74) is -0.0668. The molecule has 0 unspecified atom stereocenters. The Kier molecular flexibility index (Phi) is 5.36. The Morgan fingerprint density at radius 3 is 3.04 bits per heavy atom. The van der Waals surface area contributed by atoms with Crippen molar-refractivity contribution < 1.29 is 14.3 Å². The maximum absolute atomic E-state index is 11.8. The lowest BCUT2D eigenvalue weighted by molar-refractivity contribution is -0.144. The summed E-state index contributed by atoms with van der Waals surface area (Å²) in [6.07, 6.45) is 3.25. The van der Waals surface area contributed by atoms with E-state index in [2.05, 4.69) is 15.1 Å². The quantitative estimate of drug-likeness (QED) is 0.795. The lowest BCUT2D eigenvalue weighted by atomic mass is 9.73. The van der Waals surface area contributed by atoms with Gasteiger partial charge in [-0.05, 0) is 26.2 Å². The maximum atomic E-state index is 11.8. The summed E-state index contributed by atoms with van der Waals surface area (Å²) in [5.74, 6) is -0.00732. The zero-order valence-electron chi connectivity index (χ0n) is 14.7. The molecule has 1 aromatic rings. The molecule has 2 fully saturated rings. The first-order chi connectivity index (χ1) is 11.5. The van der Waals surface area contributed by atoms with Gasteiger partial charge in [-0.25, -0.2) is 0 Å². The van der Waals surface area contributed by atoms with Gasteiger partial charge in [0.2, 0.25) is 11.0 Å². The van der Waals surface area contributed by atoms with Crippen LogP contribution in [-0.4, -0.2) is 74.1 Å². The van der Waals surface area contributed by atoms with Crippen molar-refractivity contribution in [1.82, 2.24) is 15.1 Å². The molecule has 24 heavy (non-hydrogen) atoms. The molecule has 0 bridgehead atoms. The standard InChI is InChI=1S/C16H26N4O3S/c1-12-17-18-15(24-12)20-7-5-13-16(10-20,6-4-8-23-13)11-22-9-14(21)19(2)3/h13H,4-11H2,1-3H3/t13-,16+/m1/s1. The molecule has 1 amide bonds. The van der Waals surface area contributed by atoms with E-state index >= 15 is 0 Å². The summed E-state index contributed by atoms with van der Waals surface area (Å²) in [6, 6.07) is 0. The van der Waals surface area contributed by atoms with Crippen molar-refractivity contribution in [1.29, 1.82) is 0 Å². The second kappa shape index (κ2) is 7.33. The van der Waals surface area contributed by atoms with E-state index in [9.17, 15) is 4.79 Å². The third-order valence-electron chi connectivity index (χ3n) is 4.89. The predicted molar refractivity (Wildman–Crippen MR) is 92.4 cm³/mol. The number of likely N-dealkylation sites (N-methyl/N-ethyl adjacent to an activating group) is 1. The largest absolute Gasteiger partial charge is 0.377 e. The topological polar surface area (TPSA) is 67.8 Å². The highest BCUT2D eigenvalue weighted by Crippen LogP contribution is 2.42. The molecule has 0 N–H and O–H groups in total. The molecule has 2 saturated heterocycles. The van der Waals surface area contributed by atoms with Gasteiger partial charge in [-0.1, -0.05) is 11.3 Å². The van der Waals surface area contributed by atoms with Crippen LogP contribution in [0.2, 0.25) is 0 Å². The van der Waals surface area contributed by atoms with Gasteiger partial charge in [0.05, 0.1) is 12.7 Å². The first kappa shape index (κ1) is 17.6. The first-order valence-corrected chi connectivity index (χ1v) is 9.26. The Labute approximate surface area is 146 Å². The normalized spacial score (nSPS) is 27.0. The Bertz CT molecular complexity index is 579. The molecule has 134 valence electrons. The number of piperidine rings is 1. The fourth-order valence-electron chi connectivity index (χ4n) is 3.55. The third kappa shape index (κ3) is 3.70. The molecule has 0 spiro atoms. The molecule has 1 aromatic heterocycles. The summed E-state index contributed by atoms with van der Waals surface area (Å²) in [6.45, 7) is 5.25. The fourth-order valence-corrected chi connectivity index (χ4v) is 4.26. The Balaban J connectivity index is 1.68. The van der Waals surface area contributed by atoms with Crippen LogP contribution in [0, 0.1) is 12.3 Å². The average molecular weight is 354 g/mol. The van der Waals surface area contributed by atoms with Crippen molar-refractivity contribution >= 4 is 22.4 Å². The summed E-state index contributed by atoms with van der Waals surface area (Å²) in [4.78, 5) is 15.6. The van der Waals surface area contributed by atoms with Gasteiger partial charge >= 0.3 is 0 Å². The van der Waals surface area contributed by atoms with Gasteiger partial charge in [0.25, 0.3) is 0 Å². The number of amides is 1. The highest BCUT2D eigenvalue weighted by atomic mass is 32.1. The van der Waals surface area contributed by atoms with Crippen molar-refractivity contribution in [3.05, 3.63) is 5.01 Å². The minimum atomic E-state index is -0.0668. The van der Waals surface area contributed by atoms with Gasteiger partial charge < -0.3 is 19.3 Å². The summed E-state index contributed by atoms with van der Waals surface area (Å²) >= 11 is 1.63. The zero-order valence-corrected chi connectivity index (χ0v) is 15.5. The van der Waals surface area contributed by atoms with E-state index in [-0.39, 0.29) is 24.0 Å². The lowest BCUT2D eigenvalue weighted by Crippen LogP contribution is -2.57. The molecule has 3 heterocycles. The highest BCUT2D eigenvalue weighted by molar-refractivity contribution is 7.15. The van der Waals surface area contributed by atoms with Gasteiger partial charge in [-0.15, -0.1) is 10.2 Å². The van der Waals surface area contributed by atoms with Crippen molar-refractivity contribution in [2.45, 2.75) is 32.3 Å². The third-order valence-corrected chi connectivity index (χ3v) is 5.79. The molecule has 0 aliphatic carbocycles. The van der Waals surface area contributed by atoms with Crippen molar-refractivity contribution in [3.63, 3.8) is 0 Å². The molecule has 0 saturated carbocycles. The van der Waals surface area contributed by atoms with Crippen LogP contribution in [0.5, 0.6) is 0 Å². The number of hydrogen-bond acceptors (Lipinski definition) is 7. The van der Waals surface area contributed by atoms with Crippen LogP contribution >= 0.6 is 11.3 Å². The average Bonchev–Trinajstić information content (AvgIpc) is 3.00. The van der Waals surface area contributed by atoms with E-state index in [1.54, 1.807) is 30.3 Å². The van der Waals surface area contributed by atoms with E-state index in [1.165, 1.54) is 0 Å². The lowest BCUT2D eigenvalue weighted by Gasteiger charge is -2.50. The minimum Gasteiger partial charge on any atom is -0.377 e. The molecule has 2 aliphatic heterocycles. The van der Waals surface area contributed by atoms with Crippen molar-refractivity contribution in [3.8, 4) is 0 Å². The van der Waals surface area contributed by atoms with E-state index in [0.29, 0.717) is 6.61 Å². The van der Waals surface area contributed by atoms with Gasteiger partial charge in [0.1, 0.15) is 11.6 Å². The molecule has 2 atom stereocenters. The number of aryl methyl sites for hydroxylation is 1. The number of hydrogen-bond donors (Lipinski definition) is 0. The van der Waals surface area contributed by atoms with Crippen LogP contribution in [0.15, 0.2) is 0 Å². The molecule has 0 radical (unpaired) electrons. The number of carbonyl (C=O) groups excluding carboxylic acids is 1. The minimum absolute atomic E-state index is 0.00732. The van der Waals surface area contributed by atoms with Gasteiger partial charge in [-0.3, -0.25) is 4.79 Å². The molecule has 8 heteroatoms. The second-order valence-electron chi connectivity index (χ2n) is 6.92. The number of aromatic nitrogens is 2. The molecule has 0 aromatic carbocycles. The maximum Gasteiger partial charge on any atom is 0.248 e. The van der Waals surface area contributed by atoms with Crippen LogP contribution in [0.4, 0.5) is 5.13 Å². The summed E-state index contributed by atoms with van der Waals surface area (Å²) in [5, 5.41) is 10.4. The fraction of sp³-hybridized carbons (Fsp3) is 0.812. The number of ether oxygens (including phenoxy) is 2. The second-order valence-corrected chi connectivity index (χ2v) is 8.08. The van der Waals surface area contributed by atoms with Crippen molar-refractivity contribution in [2.75, 3.05) is 51.9 Å². The smallest absolute Gasteiger partial charge is 0.248 e. The van der Waals surface area contributed by atoms with E-state index in [0.717, 1.165) is 49.1 Å². The molecule has 7 nitrogen and oxygen atoms in total. The van der Waals surface area contributed by atoms with Crippen LogP contribution in [0.1, 0.15) is 24.3 Å². The van der Waals surface area contributed by atoms with Gasteiger partial charge in [0.15, 0.2) is 0 Å².